The molecular formula is C22H15BrF2N2O. The fourth-order valence-electron chi connectivity index (χ4n) is 3.37. The van der Waals surface area contributed by atoms with E-state index >= 15 is 0 Å². The quantitative estimate of drug-likeness (QED) is 0.428. The minimum absolute atomic E-state index is 0.220. The van der Waals surface area contributed by atoms with Crippen molar-refractivity contribution in [3.8, 4) is 0 Å². The Labute approximate surface area is 168 Å². The summed E-state index contributed by atoms with van der Waals surface area (Å²) in [6.07, 6.45) is 0. The average Bonchev–Trinajstić information content (AvgIpc) is 2.68. The molecule has 3 nitrogen and oxygen atoms in total. The van der Waals surface area contributed by atoms with Gasteiger partial charge in [0, 0.05) is 4.47 Å². The standard InChI is InChI=1S/C22H15BrF2N2O/c1-13-26-20-11-6-16(23)12-19(20)22(28)27(13)21(14-2-7-17(24)8-3-14)15-4-9-18(25)10-5-15/h2-12,21H,1H3. The van der Waals surface area contributed by atoms with Gasteiger partial charge in [0.05, 0.1) is 16.9 Å². The summed E-state index contributed by atoms with van der Waals surface area (Å²) in [6, 6.07) is 16.7. The minimum atomic E-state index is -0.565. The topological polar surface area (TPSA) is 34.9 Å². The second-order valence-corrected chi connectivity index (χ2v) is 7.42. The molecule has 0 fully saturated rings. The van der Waals surface area contributed by atoms with Crippen LogP contribution in [0.4, 0.5) is 8.78 Å². The van der Waals surface area contributed by atoms with Crippen LogP contribution >= 0.6 is 15.9 Å². The summed E-state index contributed by atoms with van der Waals surface area (Å²) in [5, 5.41) is 0.467. The van der Waals surface area contributed by atoms with Gasteiger partial charge in [-0.25, -0.2) is 13.8 Å². The van der Waals surface area contributed by atoms with Crippen LogP contribution in [0.15, 0.2) is 76.0 Å². The summed E-state index contributed by atoms with van der Waals surface area (Å²) in [5.74, 6) is -0.226. The Kier molecular flexibility index (Phi) is 4.81. The predicted molar refractivity (Wildman–Crippen MR) is 108 cm³/mol. The molecule has 0 aliphatic heterocycles. The maximum Gasteiger partial charge on any atom is 0.262 e. The van der Waals surface area contributed by atoms with Crippen molar-refractivity contribution in [1.29, 1.82) is 0 Å². The van der Waals surface area contributed by atoms with Crippen LogP contribution in [0.2, 0.25) is 0 Å². The van der Waals surface area contributed by atoms with Crippen LogP contribution in [0, 0.1) is 18.6 Å². The van der Waals surface area contributed by atoms with Crippen LogP contribution in [0.3, 0.4) is 0 Å². The third kappa shape index (κ3) is 3.36. The van der Waals surface area contributed by atoms with Crippen LogP contribution in [-0.2, 0) is 0 Å². The monoisotopic (exact) mass is 440 g/mol. The van der Waals surface area contributed by atoms with Gasteiger partial charge in [-0.2, -0.15) is 0 Å². The van der Waals surface area contributed by atoms with Gasteiger partial charge in [0.25, 0.3) is 5.56 Å². The summed E-state index contributed by atoms with van der Waals surface area (Å²) in [7, 11) is 0. The van der Waals surface area contributed by atoms with Gasteiger partial charge in [-0.15, -0.1) is 0 Å². The number of benzene rings is 3. The highest BCUT2D eigenvalue weighted by molar-refractivity contribution is 9.10. The molecule has 6 heteroatoms. The third-order valence-corrected chi connectivity index (χ3v) is 5.16. The molecule has 28 heavy (non-hydrogen) atoms. The Hall–Kier alpha value is -2.86. The molecule has 0 aliphatic rings. The zero-order valence-electron chi connectivity index (χ0n) is 14.9. The number of hydrogen-bond acceptors (Lipinski definition) is 2. The molecule has 1 heterocycles. The molecule has 140 valence electrons. The van der Waals surface area contributed by atoms with Crippen molar-refractivity contribution < 1.29 is 8.78 Å². The molecule has 0 radical (unpaired) electrons. The van der Waals surface area contributed by atoms with Gasteiger partial charge < -0.3 is 0 Å². The molecule has 0 amide bonds. The summed E-state index contributed by atoms with van der Waals surface area (Å²) in [4.78, 5) is 18.0. The summed E-state index contributed by atoms with van der Waals surface area (Å²) in [5.41, 5.74) is 1.78. The van der Waals surface area contributed by atoms with Crippen molar-refractivity contribution >= 4 is 26.8 Å². The van der Waals surface area contributed by atoms with E-state index < -0.39 is 6.04 Å². The maximum absolute atomic E-state index is 13.5. The van der Waals surface area contributed by atoms with Gasteiger partial charge in [0.1, 0.15) is 17.5 Å². The van der Waals surface area contributed by atoms with Gasteiger partial charge in [-0.3, -0.25) is 9.36 Å². The SMILES string of the molecule is Cc1nc2ccc(Br)cc2c(=O)n1C(c1ccc(F)cc1)c1ccc(F)cc1. The molecule has 0 spiro atoms. The summed E-state index contributed by atoms with van der Waals surface area (Å²) < 4.78 is 29.3. The lowest BCUT2D eigenvalue weighted by Gasteiger charge is -2.23. The second-order valence-electron chi connectivity index (χ2n) is 6.50. The molecule has 0 saturated heterocycles. The lowest BCUT2D eigenvalue weighted by Crippen LogP contribution is -2.29. The van der Waals surface area contributed by atoms with Crippen molar-refractivity contribution in [3.05, 3.63) is 110 Å². The third-order valence-electron chi connectivity index (χ3n) is 4.67. The predicted octanol–water partition coefficient (Wildman–Crippen LogP) is 5.38. The molecule has 0 saturated carbocycles. The normalized spacial score (nSPS) is 11.3. The van der Waals surface area contributed by atoms with E-state index in [1.807, 2.05) is 6.07 Å². The second kappa shape index (κ2) is 7.28. The Morgan fingerprint density at radius 1 is 0.893 bits per heavy atom. The van der Waals surface area contributed by atoms with Gasteiger partial charge in [0.2, 0.25) is 0 Å². The smallest absolute Gasteiger partial charge is 0.262 e. The van der Waals surface area contributed by atoms with Crippen molar-refractivity contribution in [2.24, 2.45) is 0 Å². The Morgan fingerprint density at radius 3 is 1.96 bits per heavy atom. The molecular weight excluding hydrogens is 426 g/mol. The molecule has 1 aromatic heterocycles. The van der Waals surface area contributed by atoms with E-state index in [2.05, 4.69) is 20.9 Å². The van der Waals surface area contributed by atoms with Gasteiger partial charge in [-0.05, 0) is 60.5 Å². The van der Waals surface area contributed by atoms with Crippen LogP contribution in [0.5, 0.6) is 0 Å². The molecule has 4 aromatic rings. The first-order valence-corrected chi connectivity index (χ1v) is 9.42. The number of halogens is 3. The lowest BCUT2D eigenvalue weighted by molar-refractivity contribution is 0.602. The highest BCUT2D eigenvalue weighted by atomic mass is 79.9. The first-order valence-electron chi connectivity index (χ1n) is 8.63. The highest BCUT2D eigenvalue weighted by Gasteiger charge is 2.22. The number of rotatable bonds is 3. The van der Waals surface area contributed by atoms with E-state index in [4.69, 9.17) is 0 Å². The highest BCUT2D eigenvalue weighted by Crippen LogP contribution is 2.28. The number of fused-ring (bicyclic) bond motifs is 1. The van der Waals surface area contributed by atoms with E-state index in [0.717, 1.165) is 4.47 Å². The van der Waals surface area contributed by atoms with Crippen LogP contribution in [0.1, 0.15) is 23.0 Å². The van der Waals surface area contributed by atoms with Crippen molar-refractivity contribution in [3.63, 3.8) is 0 Å². The maximum atomic E-state index is 13.5. The van der Waals surface area contributed by atoms with Crippen LogP contribution in [-0.4, -0.2) is 9.55 Å². The molecule has 4 rings (SSSR count). The van der Waals surface area contributed by atoms with E-state index in [1.165, 1.54) is 24.3 Å². The molecule has 0 bridgehead atoms. The number of aromatic nitrogens is 2. The lowest BCUT2D eigenvalue weighted by atomic mass is 9.97. The Morgan fingerprint density at radius 2 is 1.43 bits per heavy atom. The Bertz CT molecular complexity index is 1170. The molecule has 0 atom stereocenters. The van der Waals surface area contributed by atoms with Gasteiger partial charge >= 0.3 is 0 Å². The van der Waals surface area contributed by atoms with Gasteiger partial charge in [0.15, 0.2) is 0 Å². The zero-order valence-corrected chi connectivity index (χ0v) is 16.5. The first-order chi connectivity index (χ1) is 13.4. The average molecular weight is 441 g/mol. The van der Waals surface area contributed by atoms with Gasteiger partial charge in [-0.1, -0.05) is 40.2 Å². The summed E-state index contributed by atoms with van der Waals surface area (Å²) in [6.45, 7) is 1.75. The molecule has 0 aliphatic carbocycles. The van der Waals surface area contributed by atoms with E-state index in [1.54, 1.807) is 47.9 Å². The molecule has 0 unspecified atom stereocenters. The first kappa shape index (κ1) is 18.5. The largest absolute Gasteiger partial charge is 0.285 e. The fraction of sp³-hybridized carbons (Fsp3) is 0.0909. The Balaban J connectivity index is 2.03. The van der Waals surface area contributed by atoms with Crippen LogP contribution < -0.4 is 5.56 Å². The zero-order chi connectivity index (χ0) is 19.8. The van der Waals surface area contributed by atoms with Crippen molar-refractivity contribution in [1.82, 2.24) is 9.55 Å². The minimum Gasteiger partial charge on any atom is -0.285 e. The number of nitrogens with zero attached hydrogens (tertiary/aromatic N) is 2. The van der Waals surface area contributed by atoms with E-state index in [0.29, 0.717) is 27.9 Å². The van der Waals surface area contributed by atoms with E-state index in [9.17, 15) is 13.6 Å². The molecule has 0 N–H and O–H groups in total. The van der Waals surface area contributed by atoms with Crippen molar-refractivity contribution in [2.45, 2.75) is 13.0 Å². The van der Waals surface area contributed by atoms with E-state index in [-0.39, 0.29) is 17.2 Å². The number of aryl methyl sites for hydroxylation is 1. The van der Waals surface area contributed by atoms with Crippen LogP contribution in [0.25, 0.3) is 10.9 Å². The summed E-state index contributed by atoms with van der Waals surface area (Å²) >= 11 is 3.39. The fourth-order valence-corrected chi connectivity index (χ4v) is 3.73. The number of hydrogen-bond donors (Lipinski definition) is 0. The van der Waals surface area contributed by atoms with Crippen molar-refractivity contribution in [2.75, 3.05) is 0 Å². The molecule has 3 aromatic carbocycles.